The molecule has 1 aromatic rings. The van der Waals surface area contributed by atoms with Gasteiger partial charge in [-0.25, -0.2) is 4.39 Å². The Kier molecular flexibility index (Phi) is 9.71. The minimum atomic E-state index is -4.95. The average molecular weight is 509 g/mol. The number of allylic oxidation sites excluding steroid dienone is 5. The van der Waals surface area contributed by atoms with E-state index >= 15 is 0 Å². The fourth-order valence-corrected chi connectivity index (χ4v) is 4.43. The second-order valence-corrected chi connectivity index (χ2v) is 9.37. The molecule has 1 heterocycles. The van der Waals surface area contributed by atoms with Gasteiger partial charge in [-0.15, -0.1) is 0 Å². The SMILES string of the molecule is CC=NC(/C=C\C)=C(\C=C/C)C(=C\C)/NC[C@@](O)(CC(C)(C)c1cc(F)cc2c1OCC2)C(F)(F)F. The van der Waals surface area contributed by atoms with Crippen LogP contribution in [-0.4, -0.2) is 36.3 Å². The molecule has 0 radical (unpaired) electrons. The Bertz CT molecular complexity index is 1070. The number of halogens is 4. The number of rotatable bonds is 10. The van der Waals surface area contributed by atoms with E-state index in [-0.39, 0.29) is 0 Å². The van der Waals surface area contributed by atoms with Crippen molar-refractivity contribution in [3.05, 3.63) is 76.4 Å². The second-order valence-electron chi connectivity index (χ2n) is 9.37. The van der Waals surface area contributed by atoms with Crippen LogP contribution < -0.4 is 10.1 Å². The first-order valence-corrected chi connectivity index (χ1v) is 12.0. The number of nitrogens with zero attached hydrogens (tertiary/aromatic N) is 1. The Labute approximate surface area is 211 Å². The van der Waals surface area contributed by atoms with Crippen LogP contribution in [0.15, 0.2) is 64.5 Å². The minimum Gasteiger partial charge on any atom is -0.493 e. The van der Waals surface area contributed by atoms with Gasteiger partial charge in [-0.3, -0.25) is 4.99 Å². The van der Waals surface area contributed by atoms with E-state index in [0.29, 0.717) is 46.9 Å². The van der Waals surface area contributed by atoms with Crippen LogP contribution in [-0.2, 0) is 11.8 Å². The second kappa shape index (κ2) is 11.9. The number of benzene rings is 1. The van der Waals surface area contributed by atoms with E-state index < -0.39 is 36.0 Å². The molecule has 0 bridgehead atoms. The number of aliphatic imine (C=N–C) groups is 1. The molecule has 1 aliphatic heterocycles. The third-order valence-corrected chi connectivity index (χ3v) is 6.09. The Hall–Kier alpha value is -2.87. The van der Waals surface area contributed by atoms with Crippen molar-refractivity contribution >= 4 is 6.21 Å². The zero-order valence-corrected chi connectivity index (χ0v) is 21.8. The molecule has 0 saturated heterocycles. The molecule has 0 fully saturated rings. The number of nitrogens with one attached hydrogen (secondary N) is 1. The molecule has 1 aromatic carbocycles. The van der Waals surface area contributed by atoms with Crippen molar-refractivity contribution in [2.24, 2.45) is 4.99 Å². The van der Waals surface area contributed by atoms with Gasteiger partial charge in [0.05, 0.1) is 18.8 Å². The van der Waals surface area contributed by atoms with Gasteiger partial charge in [0.1, 0.15) is 11.6 Å². The first kappa shape index (κ1) is 29.4. The van der Waals surface area contributed by atoms with Crippen molar-refractivity contribution in [3.8, 4) is 5.75 Å². The van der Waals surface area contributed by atoms with E-state index in [1.165, 1.54) is 12.1 Å². The Morgan fingerprint density at radius 1 is 1.11 bits per heavy atom. The molecular weight excluding hydrogens is 472 g/mol. The topological polar surface area (TPSA) is 53.9 Å². The van der Waals surface area contributed by atoms with Gasteiger partial charge in [0.2, 0.25) is 0 Å². The van der Waals surface area contributed by atoms with E-state index in [1.54, 1.807) is 71.2 Å². The Morgan fingerprint density at radius 3 is 2.33 bits per heavy atom. The Balaban J connectivity index is 2.46. The molecule has 4 nitrogen and oxygen atoms in total. The lowest BCUT2D eigenvalue weighted by molar-refractivity contribution is -0.264. The van der Waals surface area contributed by atoms with E-state index in [2.05, 4.69) is 10.3 Å². The normalized spacial score (nSPS) is 17.5. The first-order chi connectivity index (χ1) is 16.8. The number of ether oxygens (including phenoxy) is 1. The van der Waals surface area contributed by atoms with Crippen molar-refractivity contribution in [1.29, 1.82) is 0 Å². The van der Waals surface area contributed by atoms with Gasteiger partial charge in [0, 0.05) is 35.0 Å². The van der Waals surface area contributed by atoms with Crippen LogP contribution in [0.3, 0.4) is 0 Å². The van der Waals surface area contributed by atoms with Crippen LogP contribution in [0.5, 0.6) is 5.75 Å². The fourth-order valence-electron chi connectivity index (χ4n) is 4.43. The van der Waals surface area contributed by atoms with Gasteiger partial charge in [-0.05, 0) is 57.7 Å². The van der Waals surface area contributed by atoms with Crippen molar-refractivity contribution in [1.82, 2.24) is 5.32 Å². The molecule has 0 aromatic heterocycles. The van der Waals surface area contributed by atoms with Gasteiger partial charge in [0.25, 0.3) is 0 Å². The minimum absolute atomic E-state index is 0.311. The van der Waals surface area contributed by atoms with Crippen LogP contribution in [0, 0.1) is 5.82 Å². The zero-order valence-electron chi connectivity index (χ0n) is 21.8. The maximum atomic E-state index is 14.3. The summed E-state index contributed by atoms with van der Waals surface area (Å²) < 4.78 is 62.9. The van der Waals surface area contributed by atoms with E-state index in [1.807, 2.05) is 6.92 Å². The number of aliphatic hydroxyl groups is 1. The van der Waals surface area contributed by atoms with Gasteiger partial charge in [-0.2, -0.15) is 13.2 Å². The van der Waals surface area contributed by atoms with Gasteiger partial charge in [0.15, 0.2) is 5.60 Å². The van der Waals surface area contributed by atoms with Crippen molar-refractivity contribution in [3.63, 3.8) is 0 Å². The summed E-state index contributed by atoms with van der Waals surface area (Å²) in [7, 11) is 0. The predicted molar refractivity (Wildman–Crippen MR) is 137 cm³/mol. The summed E-state index contributed by atoms with van der Waals surface area (Å²) in [5.41, 5.74) is -1.90. The van der Waals surface area contributed by atoms with Gasteiger partial charge in [-0.1, -0.05) is 38.2 Å². The highest BCUT2D eigenvalue weighted by Gasteiger charge is 2.56. The van der Waals surface area contributed by atoms with E-state index in [0.717, 1.165) is 0 Å². The summed E-state index contributed by atoms with van der Waals surface area (Å²) in [5.74, 6) is -0.138. The average Bonchev–Trinajstić information content (AvgIpc) is 3.25. The molecule has 0 unspecified atom stereocenters. The van der Waals surface area contributed by atoms with Gasteiger partial charge < -0.3 is 15.2 Å². The quantitative estimate of drug-likeness (QED) is 0.210. The molecule has 198 valence electrons. The molecule has 0 saturated carbocycles. The summed E-state index contributed by atoms with van der Waals surface area (Å²) in [6.45, 7) is 9.70. The van der Waals surface area contributed by atoms with Crippen LogP contribution in [0.4, 0.5) is 17.6 Å². The summed E-state index contributed by atoms with van der Waals surface area (Å²) in [6.07, 6.45) is 5.11. The Morgan fingerprint density at radius 2 is 1.78 bits per heavy atom. The molecule has 1 aliphatic rings. The number of fused-ring (bicyclic) bond motifs is 1. The fraction of sp³-hybridized carbons (Fsp3) is 0.464. The third kappa shape index (κ3) is 6.66. The molecular formula is C28H36F4N2O2. The standard InChI is InChI=1S/C28H36F4N2O2/c1-7-11-21(24(12-8-2)33-10-4)23(9-3)34-18-27(35,28(30,31)32)17-26(5,6)22-16-20(29)15-19-13-14-36-25(19)22/h7-12,15-16,34-35H,13-14,17-18H2,1-6H3/b11-7-,12-8-,23-9+,24-21+,33-10?/t27-/m0/s1. The monoisotopic (exact) mass is 508 g/mol. The maximum Gasteiger partial charge on any atom is 0.418 e. The molecule has 2 rings (SSSR count). The van der Waals surface area contributed by atoms with Crippen LogP contribution in [0.2, 0.25) is 0 Å². The smallest absolute Gasteiger partial charge is 0.418 e. The van der Waals surface area contributed by atoms with Crippen molar-refractivity contribution in [2.75, 3.05) is 13.2 Å². The highest BCUT2D eigenvalue weighted by molar-refractivity contribution is 5.59. The van der Waals surface area contributed by atoms with E-state index in [4.69, 9.17) is 4.74 Å². The lowest BCUT2D eigenvalue weighted by Crippen LogP contribution is -2.55. The molecule has 0 aliphatic carbocycles. The molecule has 1 atom stereocenters. The van der Waals surface area contributed by atoms with Crippen LogP contribution in [0.25, 0.3) is 0 Å². The summed E-state index contributed by atoms with van der Waals surface area (Å²) in [5, 5.41) is 13.8. The van der Waals surface area contributed by atoms with E-state index in [9.17, 15) is 22.7 Å². The van der Waals surface area contributed by atoms with Crippen LogP contribution >= 0.6 is 0 Å². The number of alkyl halides is 3. The van der Waals surface area contributed by atoms with Gasteiger partial charge >= 0.3 is 6.18 Å². The third-order valence-electron chi connectivity index (χ3n) is 6.09. The maximum absolute atomic E-state index is 14.3. The van der Waals surface area contributed by atoms with Crippen molar-refractivity contribution in [2.45, 2.75) is 71.6 Å². The highest BCUT2D eigenvalue weighted by Crippen LogP contribution is 2.45. The zero-order chi connectivity index (χ0) is 27.1. The predicted octanol–water partition coefficient (Wildman–Crippen LogP) is 6.71. The summed E-state index contributed by atoms with van der Waals surface area (Å²) in [6, 6.07) is 2.54. The lowest BCUT2D eigenvalue weighted by Gasteiger charge is -2.39. The molecule has 36 heavy (non-hydrogen) atoms. The largest absolute Gasteiger partial charge is 0.493 e. The lowest BCUT2D eigenvalue weighted by atomic mass is 9.74. The van der Waals surface area contributed by atoms with Crippen LogP contribution in [0.1, 0.15) is 59.1 Å². The summed E-state index contributed by atoms with van der Waals surface area (Å²) >= 11 is 0. The molecule has 8 heteroatoms. The first-order valence-electron chi connectivity index (χ1n) is 12.0. The highest BCUT2D eigenvalue weighted by atomic mass is 19.4. The number of hydrogen-bond donors (Lipinski definition) is 2. The molecule has 0 spiro atoms. The molecule has 0 amide bonds. The summed E-state index contributed by atoms with van der Waals surface area (Å²) in [4.78, 5) is 4.34. The van der Waals surface area contributed by atoms with Crippen molar-refractivity contribution < 1.29 is 27.4 Å². The number of hydrogen-bond acceptors (Lipinski definition) is 4. The molecule has 2 N–H and O–H groups in total.